The highest BCUT2D eigenvalue weighted by atomic mass is 127. The Balaban J connectivity index is 0.00000261. The molecule has 1 saturated heterocycles. The molecule has 1 aromatic carbocycles. The Kier molecular flexibility index (Phi) is 9.61. The second-order valence-electron chi connectivity index (χ2n) is 6.79. The Labute approximate surface area is 179 Å². The molecule has 7 heteroatoms. The molecule has 1 aliphatic rings. The molecule has 1 aromatic heterocycles. The monoisotopic (exact) mass is 482 g/mol. The Morgan fingerprint density at radius 3 is 2.59 bits per heavy atom. The second kappa shape index (κ2) is 12.0. The van der Waals surface area contributed by atoms with E-state index in [1.165, 1.54) is 37.9 Å². The third-order valence-electron chi connectivity index (χ3n) is 4.73. The van der Waals surface area contributed by atoms with Crippen molar-refractivity contribution in [2.24, 2.45) is 4.99 Å². The maximum absolute atomic E-state index is 4.45. The van der Waals surface area contributed by atoms with Crippen molar-refractivity contribution < 1.29 is 0 Å². The number of rotatable bonds is 7. The lowest BCUT2D eigenvalue weighted by atomic mass is 10.1. The summed E-state index contributed by atoms with van der Waals surface area (Å²) in [7, 11) is 1.81. The zero-order valence-electron chi connectivity index (χ0n) is 16.1. The maximum Gasteiger partial charge on any atom is 0.191 e. The Hall–Kier alpha value is -1.61. The van der Waals surface area contributed by atoms with Gasteiger partial charge in [-0.2, -0.15) is 5.10 Å². The third-order valence-corrected chi connectivity index (χ3v) is 4.73. The predicted octanol–water partition coefficient (Wildman–Crippen LogP) is 2.70. The normalized spacial score (nSPS) is 15.2. The number of aromatic nitrogens is 2. The summed E-state index contributed by atoms with van der Waals surface area (Å²) in [5.41, 5.74) is 2.41. The number of halogens is 1. The van der Waals surface area contributed by atoms with Gasteiger partial charge in [-0.3, -0.25) is 9.67 Å². The molecule has 1 fully saturated rings. The largest absolute Gasteiger partial charge is 0.355 e. The van der Waals surface area contributed by atoms with Gasteiger partial charge < -0.3 is 15.5 Å². The van der Waals surface area contributed by atoms with Crippen LogP contribution in [0.4, 0.5) is 0 Å². The minimum atomic E-state index is 0. The number of hydrogen-bond donors (Lipinski definition) is 2. The molecule has 6 nitrogen and oxygen atoms in total. The fourth-order valence-corrected chi connectivity index (χ4v) is 3.28. The van der Waals surface area contributed by atoms with E-state index in [0.29, 0.717) is 0 Å². The molecule has 0 spiro atoms. The first-order valence-electron chi connectivity index (χ1n) is 9.55. The molecule has 1 aliphatic heterocycles. The Morgan fingerprint density at radius 1 is 1.07 bits per heavy atom. The molecule has 0 bridgehead atoms. The highest BCUT2D eigenvalue weighted by molar-refractivity contribution is 14.0. The van der Waals surface area contributed by atoms with Crippen molar-refractivity contribution in [1.82, 2.24) is 25.3 Å². The van der Waals surface area contributed by atoms with E-state index in [1.54, 1.807) is 0 Å². The fraction of sp³-hybridized carbons (Fsp3) is 0.500. The number of piperidine rings is 1. The zero-order chi connectivity index (χ0) is 18.0. The van der Waals surface area contributed by atoms with E-state index in [1.807, 2.05) is 24.0 Å². The van der Waals surface area contributed by atoms with Crippen LogP contribution in [-0.2, 0) is 13.1 Å². The van der Waals surface area contributed by atoms with Crippen molar-refractivity contribution in [2.75, 3.05) is 33.2 Å². The number of aliphatic imine (C=N–C) groups is 1. The average molecular weight is 482 g/mol. The van der Waals surface area contributed by atoms with Crippen molar-refractivity contribution in [3.05, 3.63) is 53.9 Å². The summed E-state index contributed by atoms with van der Waals surface area (Å²) < 4.78 is 1.97. The van der Waals surface area contributed by atoms with Crippen LogP contribution in [0.15, 0.2) is 47.7 Å². The topological polar surface area (TPSA) is 57.5 Å². The quantitative estimate of drug-likeness (QED) is 0.362. The first kappa shape index (κ1) is 21.7. The van der Waals surface area contributed by atoms with Gasteiger partial charge in [-0.25, -0.2) is 0 Å². The molecule has 0 radical (unpaired) electrons. The van der Waals surface area contributed by atoms with E-state index >= 15 is 0 Å². The number of guanidine groups is 1. The van der Waals surface area contributed by atoms with Crippen LogP contribution in [-0.4, -0.2) is 53.9 Å². The fourth-order valence-electron chi connectivity index (χ4n) is 3.28. The lowest BCUT2D eigenvalue weighted by molar-refractivity contribution is 0.232. The molecule has 27 heavy (non-hydrogen) atoms. The van der Waals surface area contributed by atoms with Crippen LogP contribution in [0, 0.1) is 0 Å². The average Bonchev–Trinajstić information content (AvgIpc) is 3.13. The molecule has 3 rings (SSSR count). The van der Waals surface area contributed by atoms with Crippen LogP contribution in [0.3, 0.4) is 0 Å². The number of likely N-dealkylation sites (tertiary alicyclic amines) is 1. The lowest BCUT2D eigenvalue weighted by Gasteiger charge is -2.26. The minimum absolute atomic E-state index is 0. The van der Waals surface area contributed by atoms with Gasteiger partial charge in [0, 0.05) is 38.4 Å². The number of benzene rings is 1. The van der Waals surface area contributed by atoms with E-state index < -0.39 is 0 Å². The van der Waals surface area contributed by atoms with E-state index in [0.717, 1.165) is 37.7 Å². The zero-order valence-corrected chi connectivity index (χ0v) is 18.4. The van der Waals surface area contributed by atoms with Gasteiger partial charge in [0.2, 0.25) is 0 Å². The lowest BCUT2D eigenvalue weighted by Crippen LogP contribution is -2.42. The van der Waals surface area contributed by atoms with Gasteiger partial charge in [0.05, 0.1) is 12.7 Å². The number of hydrogen-bond acceptors (Lipinski definition) is 3. The summed E-state index contributed by atoms with van der Waals surface area (Å²) in [6.07, 6.45) is 8.04. The predicted molar refractivity (Wildman–Crippen MR) is 122 cm³/mol. The minimum Gasteiger partial charge on any atom is -0.355 e. The molecular weight excluding hydrogens is 451 g/mol. The summed E-state index contributed by atoms with van der Waals surface area (Å²) in [6.45, 7) is 5.98. The van der Waals surface area contributed by atoms with Crippen molar-refractivity contribution in [2.45, 2.75) is 32.4 Å². The standard InChI is InChI=1S/C20H30N6.HI/c1-21-20(22-10-13-25-11-6-3-7-12-25)23-14-19-15-24-26(17-19)16-18-8-4-2-5-9-18;/h2,4-5,8-9,15,17H,3,6-7,10-14,16H2,1H3,(H2,21,22,23);1H. The van der Waals surface area contributed by atoms with E-state index in [2.05, 4.69) is 56.1 Å². The van der Waals surface area contributed by atoms with Gasteiger partial charge in [0.1, 0.15) is 0 Å². The van der Waals surface area contributed by atoms with Gasteiger partial charge in [0.15, 0.2) is 5.96 Å². The summed E-state index contributed by atoms with van der Waals surface area (Å²) >= 11 is 0. The van der Waals surface area contributed by atoms with Crippen LogP contribution < -0.4 is 10.6 Å². The molecule has 0 amide bonds. The number of nitrogens with one attached hydrogen (secondary N) is 2. The molecule has 2 aromatic rings. The first-order chi connectivity index (χ1) is 12.8. The SMILES string of the molecule is CN=C(NCCN1CCCCC1)NCc1cnn(Cc2ccccc2)c1.I. The molecule has 2 N–H and O–H groups in total. The first-order valence-corrected chi connectivity index (χ1v) is 9.55. The van der Waals surface area contributed by atoms with Crippen molar-refractivity contribution in [3.63, 3.8) is 0 Å². The maximum atomic E-state index is 4.45. The van der Waals surface area contributed by atoms with Gasteiger partial charge in [-0.15, -0.1) is 24.0 Å². The number of nitrogens with zero attached hydrogens (tertiary/aromatic N) is 4. The summed E-state index contributed by atoms with van der Waals surface area (Å²) in [5, 5.41) is 11.2. The smallest absolute Gasteiger partial charge is 0.191 e. The van der Waals surface area contributed by atoms with Crippen LogP contribution in [0.5, 0.6) is 0 Å². The Bertz CT molecular complexity index is 679. The van der Waals surface area contributed by atoms with Crippen molar-refractivity contribution >= 4 is 29.9 Å². The molecular formula is C20H31IN6. The third kappa shape index (κ3) is 7.50. The van der Waals surface area contributed by atoms with Crippen molar-refractivity contribution in [1.29, 1.82) is 0 Å². The molecule has 2 heterocycles. The summed E-state index contributed by atoms with van der Waals surface area (Å²) in [6, 6.07) is 10.4. The van der Waals surface area contributed by atoms with Crippen LogP contribution in [0.1, 0.15) is 30.4 Å². The molecule has 0 aliphatic carbocycles. The van der Waals surface area contributed by atoms with Crippen LogP contribution >= 0.6 is 24.0 Å². The molecule has 0 unspecified atom stereocenters. The van der Waals surface area contributed by atoms with Gasteiger partial charge in [0.25, 0.3) is 0 Å². The highest BCUT2D eigenvalue weighted by Gasteiger charge is 2.09. The van der Waals surface area contributed by atoms with Gasteiger partial charge in [-0.05, 0) is 31.5 Å². The van der Waals surface area contributed by atoms with E-state index in [-0.39, 0.29) is 24.0 Å². The van der Waals surface area contributed by atoms with E-state index in [4.69, 9.17) is 0 Å². The summed E-state index contributed by atoms with van der Waals surface area (Å²) in [5.74, 6) is 0.845. The Morgan fingerprint density at radius 2 is 1.85 bits per heavy atom. The summed E-state index contributed by atoms with van der Waals surface area (Å²) in [4.78, 5) is 6.83. The van der Waals surface area contributed by atoms with Gasteiger partial charge in [-0.1, -0.05) is 36.8 Å². The molecule has 148 valence electrons. The van der Waals surface area contributed by atoms with Crippen LogP contribution in [0.25, 0.3) is 0 Å². The molecule has 0 atom stereocenters. The van der Waals surface area contributed by atoms with Crippen molar-refractivity contribution in [3.8, 4) is 0 Å². The van der Waals surface area contributed by atoms with Crippen LogP contribution in [0.2, 0.25) is 0 Å². The van der Waals surface area contributed by atoms with E-state index in [9.17, 15) is 0 Å². The molecule has 0 saturated carbocycles. The van der Waals surface area contributed by atoms with Gasteiger partial charge >= 0.3 is 0 Å². The highest BCUT2D eigenvalue weighted by Crippen LogP contribution is 2.07. The second-order valence-corrected chi connectivity index (χ2v) is 6.79.